The number of aliphatic hydroxyl groups is 1. The molecule has 1 heterocycles. The van der Waals surface area contributed by atoms with E-state index in [0.717, 1.165) is 36.8 Å². The van der Waals surface area contributed by atoms with Crippen LogP contribution in [0.2, 0.25) is 0 Å². The third-order valence-electron chi connectivity index (χ3n) is 4.91. The number of aliphatic hydroxyl groups excluding tert-OH is 1. The van der Waals surface area contributed by atoms with Crippen molar-refractivity contribution in [2.45, 2.75) is 46.1 Å². The van der Waals surface area contributed by atoms with Crippen molar-refractivity contribution in [2.75, 3.05) is 13.8 Å². The van der Waals surface area contributed by atoms with Crippen LogP contribution in [0.4, 0.5) is 0 Å². The lowest BCUT2D eigenvalue weighted by Gasteiger charge is -2.17. The number of aromatic nitrogens is 2. The number of nitrogens with two attached hydrogens (primary N) is 1. The summed E-state index contributed by atoms with van der Waals surface area (Å²) in [5.41, 5.74) is 9.85. The average Bonchev–Trinajstić information content (AvgIpc) is 3.17. The van der Waals surface area contributed by atoms with Crippen molar-refractivity contribution in [1.29, 1.82) is 0 Å². The molecule has 6 nitrogen and oxygen atoms in total. The standard InChI is InChI=1S/C13H19NO2.C11H12N2.CH5N/c1-2-3-4-13(14-10-16)12-7-5-11(9-15)6-8-12;1-9-8-12-13(10(9)2)11-6-4-3-5-7-11;1-2/h5-9,13-14,16H,2-4,10H2,1H3;3-8H,1-2H3;2H2,1H3. The van der Waals surface area contributed by atoms with E-state index in [4.69, 9.17) is 5.11 Å². The molecule has 0 radical (unpaired) electrons. The summed E-state index contributed by atoms with van der Waals surface area (Å²) < 4.78 is 1.95. The SMILES string of the molecule is CCCCC(NCO)c1ccc(C=O)cc1.CN.Cc1cnn(-c2ccccc2)c1C. The second-order valence-corrected chi connectivity index (χ2v) is 7.00. The number of unbranched alkanes of at least 4 members (excludes halogenated alkanes) is 1. The number of para-hydroxylation sites is 1. The van der Waals surface area contributed by atoms with E-state index in [1.165, 1.54) is 18.3 Å². The number of hydrogen-bond acceptors (Lipinski definition) is 5. The van der Waals surface area contributed by atoms with Crippen LogP contribution in [0, 0.1) is 13.8 Å². The van der Waals surface area contributed by atoms with Crippen molar-refractivity contribution < 1.29 is 9.90 Å². The molecule has 0 fully saturated rings. The van der Waals surface area contributed by atoms with E-state index in [1.807, 2.05) is 41.2 Å². The van der Waals surface area contributed by atoms with Gasteiger partial charge in [-0.1, -0.05) is 62.2 Å². The van der Waals surface area contributed by atoms with Crippen molar-refractivity contribution in [3.05, 3.63) is 83.2 Å². The van der Waals surface area contributed by atoms with Crippen molar-refractivity contribution in [1.82, 2.24) is 15.1 Å². The maximum Gasteiger partial charge on any atom is 0.150 e. The molecule has 0 saturated carbocycles. The number of rotatable bonds is 8. The highest BCUT2D eigenvalue weighted by Crippen LogP contribution is 2.19. The minimum atomic E-state index is -0.0240. The fourth-order valence-corrected chi connectivity index (χ4v) is 3.03. The molecular weight excluding hydrogens is 388 g/mol. The Bertz CT molecular complexity index is 861. The highest BCUT2D eigenvalue weighted by Gasteiger charge is 2.09. The number of nitrogens with zero attached hydrogens (tertiary/aromatic N) is 2. The molecule has 2 aromatic carbocycles. The number of carbonyl (C=O) groups excluding carboxylic acids is 1. The summed E-state index contributed by atoms with van der Waals surface area (Å²) in [4.78, 5) is 10.5. The van der Waals surface area contributed by atoms with Gasteiger partial charge in [0.1, 0.15) is 6.29 Å². The Kier molecular flexibility index (Phi) is 12.8. The number of aldehydes is 1. The topological polar surface area (TPSA) is 93.2 Å². The molecule has 0 aliphatic rings. The fourth-order valence-electron chi connectivity index (χ4n) is 3.03. The van der Waals surface area contributed by atoms with Gasteiger partial charge in [0.15, 0.2) is 0 Å². The van der Waals surface area contributed by atoms with E-state index in [9.17, 15) is 4.79 Å². The van der Waals surface area contributed by atoms with Crippen molar-refractivity contribution in [2.24, 2.45) is 5.73 Å². The second kappa shape index (κ2) is 15.1. The molecule has 1 aromatic heterocycles. The Morgan fingerprint density at radius 2 is 1.74 bits per heavy atom. The molecule has 1 atom stereocenters. The summed E-state index contributed by atoms with van der Waals surface area (Å²) in [5, 5.41) is 16.3. The van der Waals surface area contributed by atoms with Gasteiger partial charge in [0.2, 0.25) is 0 Å². The molecule has 0 aliphatic heterocycles. The van der Waals surface area contributed by atoms with Crippen LogP contribution in [0.3, 0.4) is 0 Å². The van der Waals surface area contributed by atoms with E-state index in [-0.39, 0.29) is 12.8 Å². The first kappa shape index (κ1) is 26.2. The molecule has 0 bridgehead atoms. The first-order chi connectivity index (χ1) is 15.1. The van der Waals surface area contributed by atoms with Crippen LogP contribution < -0.4 is 11.1 Å². The summed E-state index contributed by atoms with van der Waals surface area (Å²) in [6, 6.07) is 17.8. The molecule has 168 valence electrons. The Labute approximate surface area is 186 Å². The molecule has 0 aliphatic carbocycles. The van der Waals surface area contributed by atoms with Crippen molar-refractivity contribution >= 4 is 6.29 Å². The van der Waals surface area contributed by atoms with Gasteiger partial charge in [-0.3, -0.25) is 10.1 Å². The van der Waals surface area contributed by atoms with E-state index in [2.05, 4.69) is 49.1 Å². The largest absolute Gasteiger partial charge is 0.381 e. The second-order valence-electron chi connectivity index (χ2n) is 7.00. The van der Waals surface area contributed by atoms with E-state index in [0.29, 0.717) is 5.56 Å². The molecule has 0 spiro atoms. The van der Waals surface area contributed by atoms with Gasteiger partial charge in [-0.25, -0.2) is 4.68 Å². The van der Waals surface area contributed by atoms with Crippen LogP contribution in [-0.2, 0) is 0 Å². The zero-order chi connectivity index (χ0) is 23.1. The van der Waals surface area contributed by atoms with Gasteiger partial charge in [-0.05, 0) is 50.6 Å². The highest BCUT2D eigenvalue weighted by atomic mass is 16.3. The normalized spacial score (nSPS) is 10.9. The zero-order valence-electron chi connectivity index (χ0n) is 19.1. The summed E-state index contributed by atoms with van der Waals surface area (Å²) in [5.74, 6) is 0. The molecule has 3 aromatic rings. The Morgan fingerprint density at radius 1 is 1.10 bits per heavy atom. The van der Waals surface area contributed by atoms with Gasteiger partial charge in [-0.2, -0.15) is 5.10 Å². The maximum absolute atomic E-state index is 10.5. The number of aryl methyl sites for hydroxylation is 1. The third kappa shape index (κ3) is 8.45. The number of nitrogens with one attached hydrogen (secondary N) is 1. The van der Waals surface area contributed by atoms with Crippen LogP contribution >= 0.6 is 0 Å². The van der Waals surface area contributed by atoms with Crippen LogP contribution in [-0.4, -0.2) is 35.0 Å². The predicted octanol–water partition coefficient (Wildman–Crippen LogP) is 4.33. The molecule has 4 N–H and O–H groups in total. The Balaban J connectivity index is 0.000000291. The number of hydrogen-bond donors (Lipinski definition) is 3. The summed E-state index contributed by atoms with van der Waals surface area (Å²) >= 11 is 0. The summed E-state index contributed by atoms with van der Waals surface area (Å²) in [6.07, 6.45) is 5.98. The van der Waals surface area contributed by atoms with Gasteiger partial charge < -0.3 is 10.8 Å². The molecule has 0 saturated heterocycles. The van der Waals surface area contributed by atoms with Crippen LogP contribution in [0.5, 0.6) is 0 Å². The monoisotopic (exact) mass is 424 g/mol. The zero-order valence-corrected chi connectivity index (χ0v) is 19.1. The third-order valence-corrected chi connectivity index (χ3v) is 4.91. The van der Waals surface area contributed by atoms with Crippen molar-refractivity contribution in [3.63, 3.8) is 0 Å². The minimum Gasteiger partial charge on any atom is -0.381 e. The van der Waals surface area contributed by atoms with Crippen LogP contribution in [0.25, 0.3) is 5.69 Å². The van der Waals surface area contributed by atoms with E-state index in [1.54, 1.807) is 12.1 Å². The molecule has 0 amide bonds. The smallest absolute Gasteiger partial charge is 0.150 e. The first-order valence-electron chi connectivity index (χ1n) is 10.6. The van der Waals surface area contributed by atoms with Crippen LogP contribution in [0.15, 0.2) is 60.8 Å². The maximum atomic E-state index is 10.5. The molecule has 3 rings (SSSR count). The van der Waals surface area contributed by atoms with Crippen molar-refractivity contribution in [3.8, 4) is 5.69 Å². The van der Waals surface area contributed by atoms with Gasteiger partial charge in [-0.15, -0.1) is 0 Å². The first-order valence-corrected chi connectivity index (χ1v) is 10.6. The lowest BCUT2D eigenvalue weighted by atomic mass is 10.0. The van der Waals surface area contributed by atoms with E-state index >= 15 is 0 Å². The van der Waals surface area contributed by atoms with Gasteiger partial charge in [0.25, 0.3) is 0 Å². The van der Waals surface area contributed by atoms with Gasteiger partial charge >= 0.3 is 0 Å². The number of carbonyl (C=O) groups is 1. The lowest BCUT2D eigenvalue weighted by molar-refractivity contribution is 0.112. The fraction of sp³-hybridized carbons (Fsp3) is 0.360. The number of benzene rings is 2. The average molecular weight is 425 g/mol. The van der Waals surface area contributed by atoms with Gasteiger partial charge in [0.05, 0.1) is 18.6 Å². The molecular formula is C25H36N4O2. The minimum absolute atomic E-state index is 0.0240. The Morgan fingerprint density at radius 3 is 2.23 bits per heavy atom. The van der Waals surface area contributed by atoms with Crippen LogP contribution in [0.1, 0.15) is 59.4 Å². The van der Waals surface area contributed by atoms with Gasteiger partial charge in [0, 0.05) is 17.3 Å². The Hall–Kier alpha value is -2.80. The summed E-state index contributed by atoms with van der Waals surface area (Å²) in [6.45, 7) is 6.27. The molecule has 6 heteroatoms. The van der Waals surface area contributed by atoms with E-state index < -0.39 is 0 Å². The lowest BCUT2D eigenvalue weighted by Crippen LogP contribution is -2.22. The molecule has 31 heavy (non-hydrogen) atoms. The highest BCUT2D eigenvalue weighted by molar-refractivity contribution is 5.74. The predicted molar refractivity (Wildman–Crippen MR) is 127 cm³/mol. The molecule has 1 unspecified atom stereocenters. The summed E-state index contributed by atoms with van der Waals surface area (Å²) in [7, 11) is 1.50. The quantitative estimate of drug-likeness (QED) is 0.370.